The average Bonchev–Trinajstić information content (AvgIpc) is 2.20. The molecule has 0 radical (unpaired) electrons. The van der Waals surface area contributed by atoms with Crippen molar-refractivity contribution in [3.05, 3.63) is 23.8 Å². The minimum absolute atomic E-state index is 0.0613. The Morgan fingerprint density at radius 2 is 2.06 bits per heavy atom. The van der Waals surface area contributed by atoms with Crippen molar-refractivity contribution >= 4 is 15.7 Å². The molecule has 0 saturated carbocycles. The molecule has 0 heterocycles. The van der Waals surface area contributed by atoms with Crippen molar-refractivity contribution in [2.24, 2.45) is 0 Å². The molecule has 96 valence electrons. The highest BCUT2D eigenvalue weighted by atomic mass is 32.2. The lowest BCUT2D eigenvalue weighted by molar-refractivity contribution is 0.171. The van der Waals surface area contributed by atoms with E-state index in [1.165, 1.54) is 19.2 Å². The second-order valence-electron chi connectivity index (χ2n) is 4.15. The number of nitrogens with two attached hydrogens (primary N) is 1. The summed E-state index contributed by atoms with van der Waals surface area (Å²) in [5.41, 5.74) is 6.92. The molecular weight excluding hydrogens is 240 g/mol. The molecule has 17 heavy (non-hydrogen) atoms. The van der Waals surface area contributed by atoms with Gasteiger partial charge < -0.3 is 10.8 Å². The summed E-state index contributed by atoms with van der Waals surface area (Å²) in [5, 5.41) is 9.21. The van der Waals surface area contributed by atoms with Crippen LogP contribution in [0.1, 0.15) is 12.5 Å². The molecule has 0 amide bonds. The summed E-state index contributed by atoms with van der Waals surface area (Å²) in [7, 11) is -2.12. The van der Waals surface area contributed by atoms with Gasteiger partial charge in [-0.2, -0.15) is 4.31 Å². The highest BCUT2D eigenvalue weighted by molar-refractivity contribution is 7.89. The van der Waals surface area contributed by atoms with Gasteiger partial charge in [-0.1, -0.05) is 0 Å². The van der Waals surface area contributed by atoms with Crippen LogP contribution in [-0.4, -0.2) is 37.5 Å². The van der Waals surface area contributed by atoms with Crippen LogP contribution in [0, 0.1) is 6.92 Å². The van der Waals surface area contributed by atoms with Crippen LogP contribution < -0.4 is 5.73 Å². The molecule has 0 spiro atoms. The molecule has 0 aliphatic heterocycles. The van der Waals surface area contributed by atoms with Crippen LogP contribution in [0.15, 0.2) is 23.1 Å². The van der Waals surface area contributed by atoms with Gasteiger partial charge in [0.1, 0.15) is 0 Å². The highest BCUT2D eigenvalue weighted by Crippen LogP contribution is 2.19. The lowest BCUT2D eigenvalue weighted by Crippen LogP contribution is -2.33. The number of hydrogen-bond donors (Lipinski definition) is 2. The van der Waals surface area contributed by atoms with Crippen LogP contribution in [0.3, 0.4) is 0 Å². The first-order chi connectivity index (χ1) is 7.75. The van der Waals surface area contributed by atoms with Crippen molar-refractivity contribution in [3.8, 4) is 0 Å². The third-order valence-corrected chi connectivity index (χ3v) is 4.29. The van der Waals surface area contributed by atoms with Crippen LogP contribution in [0.2, 0.25) is 0 Å². The van der Waals surface area contributed by atoms with Gasteiger partial charge in [-0.15, -0.1) is 0 Å². The molecule has 0 saturated heterocycles. The summed E-state index contributed by atoms with van der Waals surface area (Å²) >= 11 is 0. The summed E-state index contributed by atoms with van der Waals surface area (Å²) in [4.78, 5) is 0.187. The first kappa shape index (κ1) is 14.0. The van der Waals surface area contributed by atoms with Gasteiger partial charge in [0, 0.05) is 19.3 Å². The molecule has 1 rings (SSSR count). The van der Waals surface area contributed by atoms with Gasteiger partial charge in [-0.3, -0.25) is 0 Å². The van der Waals surface area contributed by atoms with Gasteiger partial charge in [0.25, 0.3) is 0 Å². The Morgan fingerprint density at radius 1 is 1.47 bits per heavy atom. The van der Waals surface area contributed by atoms with E-state index in [4.69, 9.17) is 5.73 Å². The fourth-order valence-electron chi connectivity index (χ4n) is 1.46. The number of aliphatic hydroxyl groups is 1. The Balaban J connectivity index is 3.09. The molecule has 0 aliphatic carbocycles. The van der Waals surface area contributed by atoms with Crippen LogP contribution in [0.25, 0.3) is 0 Å². The fourth-order valence-corrected chi connectivity index (χ4v) is 2.80. The first-order valence-electron chi connectivity index (χ1n) is 5.25. The maximum absolute atomic E-state index is 12.1. The molecule has 0 aromatic heterocycles. The minimum atomic E-state index is -3.56. The van der Waals surface area contributed by atoms with E-state index >= 15 is 0 Å². The lowest BCUT2D eigenvalue weighted by atomic mass is 10.2. The summed E-state index contributed by atoms with van der Waals surface area (Å²) in [5.74, 6) is 0. The number of aryl methyl sites for hydroxylation is 1. The molecule has 1 unspecified atom stereocenters. The van der Waals surface area contributed by atoms with E-state index in [0.29, 0.717) is 5.69 Å². The molecule has 0 bridgehead atoms. The lowest BCUT2D eigenvalue weighted by Gasteiger charge is -2.19. The molecule has 1 aromatic carbocycles. The number of likely N-dealkylation sites (N-methyl/N-ethyl adjacent to an activating group) is 1. The number of sulfonamides is 1. The summed E-state index contributed by atoms with van der Waals surface area (Å²) < 4.78 is 25.3. The molecule has 3 N–H and O–H groups in total. The Bertz CT molecular complexity index is 497. The zero-order valence-corrected chi connectivity index (χ0v) is 11.0. The van der Waals surface area contributed by atoms with Crippen molar-refractivity contribution < 1.29 is 13.5 Å². The van der Waals surface area contributed by atoms with E-state index in [1.54, 1.807) is 19.9 Å². The second-order valence-corrected chi connectivity index (χ2v) is 6.20. The number of rotatable bonds is 4. The molecular formula is C11H18N2O3S. The SMILES string of the molecule is Cc1cc(S(=O)(=O)N(C)CC(C)O)ccc1N. The average molecular weight is 258 g/mol. The molecule has 5 nitrogen and oxygen atoms in total. The molecule has 1 atom stereocenters. The maximum Gasteiger partial charge on any atom is 0.242 e. The monoisotopic (exact) mass is 258 g/mol. The molecule has 0 fully saturated rings. The number of benzene rings is 1. The number of nitrogen functional groups attached to an aromatic ring is 1. The Kier molecular flexibility index (Phi) is 4.13. The van der Waals surface area contributed by atoms with Gasteiger partial charge in [-0.05, 0) is 37.6 Å². The minimum Gasteiger partial charge on any atom is -0.399 e. The third-order valence-electron chi connectivity index (χ3n) is 2.47. The van der Waals surface area contributed by atoms with Gasteiger partial charge in [-0.25, -0.2) is 8.42 Å². The number of anilines is 1. The van der Waals surface area contributed by atoms with Gasteiger partial charge in [0.2, 0.25) is 10.0 Å². The predicted octanol–water partition coefficient (Wildman–Crippen LogP) is 0.579. The van der Waals surface area contributed by atoms with E-state index in [2.05, 4.69) is 0 Å². The van der Waals surface area contributed by atoms with Gasteiger partial charge in [0.05, 0.1) is 11.0 Å². The van der Waals surface area contributed by atoms with Crippen molar-refractivity contribution in [2.45, 2.75) is 24.8 Å². The second kappa shape index (κ2) is 5.03. The Morgan fingerprint density at radius 3 is 2.53 bits per heavy atom. The number of hydrogen-bond acceptors (Lipinski definition) is 4. The van der Waals surface area contributed by atoms with Crippen molar-refractivity contribution in [1.82, 2.24) is 4.31 Å². The highest BCUT2D eigenvalue weighted by Gasteiger charge is 2.22. The number of aliphatic hydroxyl groups excluding tert-OH is 1. The fraction of sp³-hybridized carbons (Fsp3) is 0.455. The van der Waals surface area contributed by atoms with Crippen molar-refractivity contribution in [2.75, 3.05) is 19.3 Å². The smallest absolute Gasteiger partial charge is 0.242 e. The van der Waals surface area contributed by atoms with Gasteiger partial charge in [0.15, 0.2) is 0 Å². The largest absolute Gasteiger partial charge is 0.399 e. The zero-order chi connectivity index (χ0) is 13.2. The van der Waals surface area contributed by atoms with E-state index in [-0.39, 0.29) is 11.4 Å². The van der Waals surface area contributed by atoms with Gasteiger partial charge >= 0.3 is 0 Å². The predicted molar refractivity (Wildman–Crippen MR) is 67.1 cm³/mol. The van der Waals surface area contributed by atoms with Crippen molar-refractivity contribution in [1.29, 1.82) is 0 Å². The quantitative estimate of drug-likeness (QED) is 0.774. The topological polar surface area (TPSA) is 83.6 Å². The normalized spacial score (nSPS) is 13.9. The van der Waals surface area contributed by atoms with Crippen LogP contribution in [0.4, 0.5) is 5.69 Å². The Labute approximate surface area is 102 Å². The Hall–Kier alpha value is -1.11. The van der Waals surface area contributed by atoms with Crippen LogP contribution in [0.5, 0.6) is 0 Å². The first-order valence-corrected chi connectivity index (χ1v) is 6.69. The van der Waals surface area contributed by atoms with E-state index < -0.39 is 16.1 Å². The summed E-state index contributed by atoms with van der Waals surface area (Å²) in [6.07, 6.45) is -0.704. The third kappa shape index (κ3) is 3.18. The zero-order valence-electron chi connectivity index (χ0n) is 10.2. The standard InChI is InChI=1S/C11H18N2O3S/c1-8-6-10(4-5-11(8)12)17(15,16)13(3)7-9(2)14/h4-6,9,14H,7,12H2,1-3H3. The van der Waals surface area contributed by atoms with E-state index in [1.807, 2.05) is 0 Å². The maximum atomic E-state index is 12.1. The van der Waals surface area contributed by atoms with E-state index in [9.17, 15) is 13.5 Å². The van der Waals surface area contributed by atoms with Crippen LogP contribution >= 0.6 is 0 Å². The van der Waals surface area contributed by atoms with Crippen LogP contribution in [-0.2, 0) is 10.0 Å². The summed E-state index contributed by atoms with van der Waals surface area (Å²) in [6, 6.07) is 4.57. The summed E-state index contributed by atoms with van der Waals surface area (Å²) in [6.45, 7) is 3.36. The number of nitrogens with zero attached hydrogens (tertiary/aromatic N) is 1. The molecule has 6 heteroatoms. The van der Waals surface area contributed by atoms with E-state index in [0.717, 1.165) is 9.87 Å². The molecule has 1 aromatic rings. The van der Waals surface area contributed by atoms with Crippen molar-refractivity contribution in [3.63, 3.8) is 0 Å². The molecule has 0 aliphatic rings.